The van der Waals surface area contributed by atoms with Crippen LogP contribution in [0.2, 0.25) is 0 Å². The summed E-state index contributed by atoms with van der Waals surface area (Å²) in [5, 5.41) is 0. The molecule has 92 valence electrons. The molecule has 1 heterocycles. The molecular formula is C12H10BrN3O2. The van der Waals surface area contributed by atoms with E-state index in [1.54, 1.807) is 12.1 Å². The molecule has 0 atom stereocenters. The van der Waals surface area contributed by atoms with Crippen LogP contribution < -0.4 is 16.2 Å². The third-order valence-electron chi connectivity index (χ3n) is 2.21. The molecule has 2 rings (SSSR count). The van der Waals surface area contributed by atoms with Crippen LogP contribution in [0.5, 0.6) is 11.6 Å². The minimum atomic E-state index is -0.615. The van der Waals surface area contributed by atoms with Crippen molar-refractivity contribution < 1.29 is 9.53 Å². The molecule has 4 N–H and O–H groups in total. The number of aromatic nitrogens is 1. The number of hydrogen-bond donors (Lipinski definition) is 2. The van der Waals surface area contributed by atoms with Crippen molar-refractivity contribution in [1.82, 2.24) is 4.98 Å². The van der Waals surface area contributed by atoms with E-state index >= 15 is 0 Å². The number of nitrogen functional groups attached to an aromatic ring is 1. The topological polar surface area (TPSA) is 91.2 Å². The van der Waals surface area contributed by atoms with E-state index in [2.05, 4.69) is 20.9 Å². The Morgan fingerprint density at radius 3 is 2.56 bits per heavy atom. The Morgan fingerprint density at radius 2 is 1.94 bits per heavy atom. The van der Waals surface area contributed by atoms with Crippen LogP contribution in [0.15, 0.2) is 41.0 Å². The summed E-state index contributed by atoms with van der Waals surface area (Å²) in [6.07, 6.45) is 1.34. The van der Waals surface area contributed by atoms with Gasteiger partial charge >= 0.3 is 0 Å². The predicted molar refractivity (Wildman–Crippen MR) is 71.4 cm³/mol. The van der Waals surface area contributed by atoms with Crippen molar-refractivity contribution in [2.45, 2.75) is 0 Å². The number of hydrogen-bond acceptors (Lipinski definition) is 4. The summed E-state index contributed by atoms with van der Waals surface area (Å²) in [7, 11) is 0. The smallest absolute Gasteiger partial charge is 0.251 e. The van der Waals surface area contributed by atoms with E-state index in [9.17, 15) is 4.79 Å². The molecule has 6 heteroatoms. The van der Waals surface area contributed by atoms with E-state index in [4.69, 9.17) is 16.2 Å². The summed E-state index contributed by atoms with van der Waals surface area (Å²) in [4.78, 5) is 15.1. The van der Waals surface area contributed by atoms with Gasteiger partial charge < -0.3 is 16.2 Å². The first-order chi connectivity index (χ1) is 8.56. The highest BCUT2D eigenvalue weighted by atomic mass is 79.9. The Kier molecular flexibility index (Phi) is 3.47. The maximum atomic E-state index is 11.1. The van der Waals surface area contributed by atoms with Crippen molar-refractivity contribution in [3.63, 3.8) is 0 Å². The molecular weight excluding hydrogens is 298 g/mol. The van der Waals surface area contributed by atoms with Gasteiger partial charge in [-0.05, 0) is 24.3 Å². The van der Waals surface area contributed by atoms with Crippen molar-refractivity contribution in [1.29, 1.82) is 0 Å². The summed E-state index contributed by atoms with van der Waals surface area (Å²) < 4.78 is 6.43. The highest BCUT2D eigenvalue weighted by Gasteiger charge is 2.09. The molecule has 1 amide bonds. The van der Waals surface area contributed by atoms with E-state index < -0.39 is 5.91 Å². The molecule has 0 aliphatic heterocycles. The number of nitrogens with two attached hydrogens (primary N) is 2. The zero-order valence-electron chi connectivity index (χ0n) is 9.26. The maximum Gasteiger partial charge on any atom is 0.251 e. The van der Waals surface area contributed by atoms with Crippen LogP contribution in [0.4, 0.5) is 5.69 Å². The first kappa shape index (κ1) is 12.4. The number of anilines is 1. The normalized spacial score (nSPS) is 10.1. The fourth-order valence-corrected chi connectivity index (χ4v) is 1.60. The van der Waals surface area contributed by atoms with Gasteiger partial charge in [-0.15, -0.1) is 0 Å². The highest BCUT2D eigenvalue weighted by Crippen LogP contribution is 2.23. The molecule has 0 aliphatic carbocycles. The molecule has 0 bridgehead atoms. The van der Waals surface area contributed by atoms with Crippen molar-refractivity contribution in [2.24, 2.45) is 5.73 Å². The zero-order chi connectivity index (χ0) is 13.1. The largest absolute Gasteiger partial charge is 0.439 e. The quantitative estimate of drug-likeness (QED) is 0.910. The molecule has 5 nitrogen and oxygen atoms in total. The van der Waals surface area contributed by atoms with Crippen LogP contribution in [0.3, 0.4) is 0 Å². The fraction of sp³-hybridized carbons (Fsp3) is 0. The maximum absolute atomic E-state index is 11.1. The average molecular weight is 308 g/mol. The van der Waals surface area contributed by atoms with E-state index in [1.807, 2.05) is 12.1 Å². The van der Waals surface area contributed by atoms with Crippen molar-refractivity contribution in [2.75, 3.05) is 5.73 Å². The minimum absolute atomic E-state index is 0.192. The second-order valence-electron chi connectivity index (χ2n) is 3.53. The Labute approximate surface area is 112 Å². The van der Waals surface area contributed by atoms with E-state index in [0.717, 1.165) is 4.47 Å². The number of halogens is 1. The molecule has 0 unspecified atom stereocenters. The van der Waals surface area contributed by atoms with Crippen LogP contribution in [-0.2, 0) is 0 Å². The van der Waals surface area contributed by atoms with E-state index in [-0.39, 0.29) is 17.1 Å². The summed E-state index contributed by atoms with van der Waals surface area (Å²) in [5.41, 5.74) is 11.2. The van der Waals surface area contributed by atoms with Gasteiger partial charge in [-0.1, -0.05) is 15.9 Å². The van der Waals surface area contributed by atoms with Gasteiger partial charge in [-0.2, -0.15) is 0 Å². The molecule has 1 aromatic carbocycles. The Morgan fingerprint density at radius 1 is 1.28 bits per heavy atom. The lowest BCUT2D eigenvalue weighted by atomic mass is 10.2. The van der Waals surface area contributed by atoms with Gasteiger partial charge in [0.15, 0.2) is 0 Å². The van der Waals surface area contributed by atoms with Crippen LogP contribution in [0.25, 0.3) is 0 Å². The summed E-state index contributed by atoms with van der Waals surface area (Å²) in [6.45, 7) is 0. The van der Waals surface area contributed by atoms with Crippen molar-refractivity contribution in [3.8, 4) is 11.6 Å². The van der Waals surface area contributed by atoms with Gasteiger partial charge in [0.2, 0.25) is 5.88 Å². The van der Waals surface area contributed by atoms with Crippen molar-refractivity contribution >= 4 is 27.5 Å². The summed E-state index contributed by atoms with van der Waals surface area (Å²) in [6, 6.07) is 8.63. The molecule has 18 heavy (non-hydrogen) atoms. The number of ether oxygens (including phenoxy) is 1. The highest BCUT2D eigenvalue weighted by molar-refractivity contribution is 9.10. The van der Waals surface area contributed by atoms with Gasteiger partial charge in [-0.25, -0.2) is 4.98 Å². The van der Waals surface area contributed by atoms with Crippen LogP contribution >= 0.6 is 15.9 Å². The number of amides is 1. The number of carbonyl (C=O) groups excluding carboxylic acids is 1. The van der Waals surface area contributed by atoms with Crippen LogP contribution in [0, 0.1) is 0 Å². The lowest BCUT2D eigenvalue weighted by Gasteiger charge is -2.07. The molecule has 0 saturated carbocycles. The second-order valence-corrected chi connectivity index (χ2v) is 4.45. The molecule has 0 fully saturated rings. The number of nitrogens with zero attached hydrogens (tertiary/aromatic N) is 1. The third-order valence-corrected chi connectivity index (χ3v) is 2.74. The number of carbonyl (C=O) groups is 1. The monoisotopic (exact) mass is 307 g/mol. The Balaban J connectivity index is 2.27. The summed E-state index contributed by atoms with van der Waals surface area (Å²) in [5.74, 6) is 0.252. The molecule has 0 spiro atoms. The number of pyridine rings is 1. The van der Waals surface area contributed by atoms with Crippen molar-refractivity contribution in [3.05, 3.63) is 46.6 Å². The van der Waals surface area contributed by atoms with Crippen LogP contribution in [0.1, 0.15) is 10.4 Å². The first-order valence-electron chi connectivity index (χ1n) is 5.05. The standard InChI is InChI=1S/C12H10BrN3O2/c13-7-1-3-8(4-2-7)18-11-5-9(12(15)17)10(14)6-16-11/h1-6H,14H2,(H2,15,17). The lowest BCUT2D eigenvalue weighted by molar-refractivity contribution is 0.100. The molecule has 0 aliphatic rings. The molecule has 2 aromatic rings. The van der Waals surface area contributed by atoms with E-state index in [1.165, 1.54) is 12.3 Å². The molecule has 1 aromatic heterocycles. The number of primary amides is 1. The summed E-state index contributed by atoms with van der Waals surface area (Å²) >= 11 is 3.32. The zero-order valence-corrected chi connectivity index (χ0v) is 10.8. The predicted octanol–water partition coefficient (Wildman–Crippen LogP) is 2.32. The lowest BCUT2D eigenvalue weighted by Crippen LogP contribution is -2.13. The molecule has 0 radical (unpaired) electrons. The first-order valence-corrected chi connectivity index (χ1v) is 5.84. The number of rotatable bonds is 3. The minimum Gasteiger partial charge on any atom is -0.439 e. The third kappa shape index (κ3) is 2.78. The molecule has 0 saturated heterocycles. The fourth-order valence-electron chi connectivity index (χ4n) is 1.34. The number of benzene rings is 1. The Bertz CT molecular complexity index is 584. The van der Waals surface area contributed by atoms with Gasteiger partial charge in [0, 0.05) is 10.5 Å². The average Bonchev–Trinajstić information content (AvgIpc) is 2.34. The van der Waals surface area contributed by atoms with Gasteiger partial charge in [0.25, 0.3) is 5.91 Å². The van der Waals surface area contributed by atoms with Gasteiger partial charge in [-0.3, -0.25) is 4.79 Å². The Hall–Kier alpha value is -2.08. The van der Waals surface area contributed by atoms with Gasteiger partial charge in [0.1, 0.15) is 5.75 Å². The van der Waals surface area contributed by atoms with E-state index in [0.29, 0.717) is 5.75 Å². The second kappa shape index (κ2) is 5.05. The van der Waals surface area contributed by atoms with Gasteiger partial charge in [0.05, 0.1) is 17.4 Å². The van der Waals surface area contributed by atoms with Crippen LogP contribution in [-0.4, -0.2) is 10.9 Å². The SMILES string of the molecule is NC(=O)c1cc(Oc2ccc(Br)cc2)ncc1N.